The number of aromatic nitrogens is 1. The summed E-state index contributed by atoms with van der Waals surface area (Å²) in [5, 5.41) is 19.0. The van der Waals surface area contributed by atoms with E-state index in [9.17, 15) is 14.4 Å². The van der Waals surface area contributed by atoms with Crippen molar-refractivity contribution in [1.82, 2.24) is 4.57 Å². The molecule has 3 N–H and O–H groups in total. The maximum absolute atomic E-state index is 13.0. The fourth-order valence-electron chi connectivity index (χ4n) is 5.04. The predicted octanol–water partition coefficient (Wildman–Crippen LogP) is 4.10. The van der Waals surface area contributed by atoms with Crippen LogP contribution in [0.5, 0.6) is 0 Å². The summed E-state index contributed by atoms with van der Waals surface area (Å²) >= 11 is 0. The molecule has 0 spiro atoms. The van der Waals surface area contributed by atoms with E-state index in [2.05, 4.69) is 10.6 Å². The molecule has 1 aliphatic carbocycles. The molecule has 0 aliphatic heterocycles. The average Bonchev–Trinajstić information content (AvgIpc) is 3.13. The Kier molecular flexibility index (Phi) is 6.78. The molecule has 1 heterocycles. The number of rotatable bonds is 9. The lowest BCUT2D eigenvalue weighted by atomic mass is 9.83. The number of hydrogen-bond acceptors (Lipinski definition) is 4. The number of aliphatic carboxylic acids is 1. The number of nitrogens with two attached hydrogens (primary N) is 1. The molecule has 0 saturated carbocycles. The third-order valence-electron chi connectivity index (χ3n) is 6.59. The molecule has 1 unspecified atom stereocenters. The van der Waals surface area contributed by atoms with Crippen molar-refractivity contribution in [3.05, 3.63) is 70.4 Å². The lowest BCUT2D eigenvalue weighted by Crippen LogP contribution is -2.25. The van der Waals surface area contributed by atoms with Crippen LogP contribution in [0.4, 0.5) is 0 Å². The number of ketones is 1. The number of nitriles is 1. The molecule has 0 saturated heterocycles. The zero-order valence-corrected chi connectivity index (χ0v) is 18.9. The van der Waals surface area contributed by atoms with Gasteiger partial charge in [-0.25, -0.2) is 0 Å². The molecular formula is C27H27N3O4. The van der Waals surface area contributed by atoms with Gasteiger partial charge in [0, 0.05) is 41.5 Å². The van der Waals surface area contributed by atoms with Crippen LogP contribution < -0.4 is 5.73 Å². The number of hydrogen-bond donors (Lipinski definition) is 2. The summed E-state index contributed by atoms with van der Waals surface area (Å²) in [7, 11) is 0. The van der Waals surface area contributed by atoms with Crippen LogP contribution in [-0.2, 0) is 29.0 Å². The molecule has 1 aliphatic rings. The van der Waals surface area contributed by atoms with E-state index in [4.69, 9.17) is 16.1 Å². The number of amides is 1. The first-order chi connectivity index (χ1) is 16.4. The first kappa shape index (κ1) is 23.2. The Balaban J connectivity index is 1.94. The molecule has 7 heteroatoms. The molecule has 2 aromatic carbocycles. The Morgan fingerprint density at radius 3 is 2.59 bits per heavy atom. The maximum atomic E-state index is 13.0. The smallest absolute Gasteiger partial charge is 0.303 e. The minimum absolute atomic E-state index is 0.118. The Hall–Kier alpha value is -3.92. The summed E-state index contributed by atoms with van der Waals surface area (Å²) in [6.07, 6.45) is 2.56. The number of Topliss-reactive ketones (excluding diaryl/α,β-unsaturated/α-hetero) is 1. The summed E-state index contributed by atoms with van der Waals surface area (Å²) < 4.78 is 2.20. The predicted molar refractivity (Wildman–Crippen MR) is 127 cm³/mol. The number of nitrogens with zero attached hydrogens (tertiary/aromatic N) is 2. The second kappa shape index (κ2) is 9.92. The molecule has 3 aromatic rings. The number of primary amides is 1. The van der Waals surface area contributed by atoms with Crippen LogP contribution in [0.15, 0.2) is 42.5 Å². The van der Waals surface area contributed by atoms with Gasteiger partial charge >= 0.3 is 5.97 Å². The number of aryl methyl sites for hydroxylation is 1. The van der Waals surface area contributed by atoms with Gasteiger partial charge in [0.25, 0.3) is 0 Å². The molecule has 0 bridgehead atoms. The zero-order valence-electron chi connectivity index (χ0n) is 18.9. The van der Waals surface area contributed by atoms with Crippen molar-refractivity contribution in [3.63, 3.8) is 0 Å². The lowest BCUT2D eigenvalue weighted by molar-refractivity contribution is -0.137. The number of benzene rings is 2. The molecule has 1 atom stereocenters. The SMILES string of the molecule is N#CCCc1cc2c(cc1C(=O)CCC(=O)O)c1c(n2Cc2ccccc2)CCCC1C(N)=O. The molecule has 0 fully saturated rings. The number of carboxylic acids is 1. The van der Waals surface area contributed by atoms with Crippen LogP contribution in [0, 0.1) is 11.3 Å². The van der Waals surface area contributed by atoms with Crippen molar-refractivity contribution in [2.75, 3.05) is 0 Å². The fraction of sp³-hybridized carbons (Fsp3) is 0.333. The number of carboxylic acid groups (broad SMARTS) is 1. The van der Waals surface area contributed by atoms with Crippen molar-refractivity contribution in [2.45, 2.75) is 57.4 Å². The van der Waals surface area contributed by atoms with Crippen molar-refractivity contribution in [3.8, 4) is 6.07 Å². The van der Waals surface area contributed by atoms with Crippen LogP contribution in [0.25, 0.3) is 10.9 Å². The van der Waals surface area contributed by atoms with Crippen molar-refractivity contribution in [1.29, 1.82) is 5.26 Å². The Morgan fingerprint density at radius 2 is 1.91 bits per heavy atom. The third-order valence-corrected chi connectivity index (χ3v) is 6.59. The molecular weight excluding hydrogens is 430 g/mol. The molecule has 7 nitrogen and oxygen atoms in total. The molecule has 4 rings (SSSR count). The topological polar surface area (TPSA) is 126 Å². The van der Waals surface area contributed by atoms with Crippen LogP contribution in [-0.4, -0.2) is 27.3 Å². The first-order valence-corrected chi connectivity index (χ1v) is 11.5. The highest BCUT2D eigenvalue weighted by Crippen LogP contribution is 2.41. The van der Waals surface area contributed by atoms with Crippen LogP contribution in [0.1, 0.15) is 70.8 Å². The standard InChI is InChI=1S/C27H27N3O4/c28-13-5-8-18-14-23-21(15-20(18)24(31)11-12-25(32)33)26-19(27(29)34)9-4-10-22(26)30(23)16-17-6-2-1-3-7-17/h1-3,6-7,14-15,19H,4-5,8-12,16H2,(H2,29,34)(H,32,33). The number of carbonyl (C=O) groups is 3. The second-order valence-corrected chi connectivity index (χ2v) is 8.78. The summed E-state index contributed by atoms with van der Waals surface area (Å²) in [6.45, 7) is 0.613. The molecule has 0 radical (unpaired) electrons. The van der Waals surface area contributed by atoms with Gasteiger partial charge in [0.15, 0.2) is 5.78 Å². The van der Waals surface area contributed by atoms with Gasteiger partial charge in [-0.1, -0.05) is 30.3 Å². The van der Waals surface area contributed by atoms with E-state index in [1.165, 1.54) is 0 Å². The number of fused-ring (bicyclic) bond motifs is 3. The van der Waals surface area contributed by atoms with Gasteiger partial charge in [0.1, 0.15) is 0 Å². The van der Waals surface area contributed by atoms with Crippen molar-refractivity contribution >= 4 is 28.6 Å². The highest BCUT2D eigenvalue weighted by molar-refractivity contribution is 6.04. The normalized spacial score (nSPS) is 15.0. The van der Waals surface area contributed by atoms with E-state index < -0.39 is 11.9 Å². The van der Waals surface area contributed by atoms with Gasteiger partial charge in [-0.15, -0.1) is 0 Å². The summed E-state index contributed by atoms with van der Waals surface area (Å²) in [5.74, 6) is -2.12. The second-order valence-electron chi connectivity index (χ2n) is 8.78. The van der Waals surface area contributed by atoms with Gasteiger partial charge in [-0.05, 0) is 54.5 Å². The monoisotopic (exact) mass is 457 g/mol. The molecule has 34 heavy (non-hydrogen) atoms. The fourth-order valence-corrected chi connectivity index (χ4v) is 5.04. The first-order valence-electron chi connectivity index (χ1n) is 11.5. The Morgan fingerprint density at radius 1 is 1.15 bits per heavy atom. The van der Waals surface area contributed by atoms with Crippen LogP contribution >= 0.6 is 0 Å². The van der Waals surface area contributed by atoms with Crippen LogP contribution in [0.2, 0.25) is 0 Å². The molecule has 174 valence electrons. The van der Waals surface area contributed by atoms with E-state index >= 15 is 0 Å². The van der Waals surface area contributed by atoms with Gasteiger partial charge in [-0.3, -0.25) is 14.4 Å². The highest BCUT2D eigenvalue weighted by atomic mass is 16.4. The maximum Gasteiger partial charge on any atom is 0.303 e. The Bertz CT molecular complexity index is 1300. The lowest BCUT2D eigenvalue weighted by Gasteiger charge is -2.22. The zero-order chi connectivity index (χ0) is 24.2. The molecule has 1 aromatic heterocycles. The Labute approximate surface area is 197 Å². The largest absolute Gasteiger partial charge is 0.481 e. The van der Waals surface area contributed by atoms with Gasteiger partial charge in [0.2, 0.25) is 5.91 Å². The van der Waals surface area contributed by atoms with E-state index in [-0.39, 0.29) is 31.0 Å². The third kappa shape index (κ3) is 4.58. The quantitative estimate of drug-likeness (QED) is 0.468. The minimum atomic E-state index is -1.03. The number of carbonyl (C=O) groups excluding carboxylic acids is 2. The van der Waals surface area contributed by atoms with E-state index in [0.29, 0.717) is 24.9 Å². The summed E-state index contributed by atoms with van der Waals surface area (Å²) in [5.41, 5.74) is 10.9. The highest BCUT2D eigenvalue weighted by Gasteiger charge is 2.31. The van der Waals surface area contributed by atoms with Gasteiger partial charge < -0.3 is 15.4 Å². The minimum Gasteiger partial charge on any atom is -0.481 e. The van der Waals surface area contributed by atoms with Gasteiger partial charge in [0.05, 0.1) is 18.4 Å². The van der Waals surface area contributed by atoms with Crippen molar-refractivity contribution in [2.24, 2.45) is 5.73 Å². The summed E-state index contributed by atoms with van der Waals surface area (Å²) in [6, 6.07) is 15.9. The van der Waals surface area contributed by atoms with E-state index in [1.807, 2.05) is 36.4 Å². The van der Waals surface area contributed by atoms with Crippen molar-refractivity contribution < 1.29 is 19.5 Å². The van der Waals surface area contributed by atoms with E-state index in [0.717, 1.165) is 46.1 Å². The molecule has 1 amide bonds. The summed E-state index contributed by atoms with van der Waals surface area (Å²) in [4.78, 5) is 36.4. The average molecular weight is 458 g/mol. The van der Waals surface area contributed by atoms with Crippen LogP contribution in [0.3, 0.4) is 0 Å². The van der Waals surface area contributed by atoms with E-state index in [1.54, 1.807) is 6.07 Å². The van der Waals surface area contributed by atoms with Gasteiger partial charge in [-0.2, -0.15) is 5.26 Å².